The monoisotopic (exact) mass is 653 g/mol. The van der Waals surface area contributed by atoms with Gasteiger partial charge in [-0.05, 0) is 30.2 Å². The number of amides is 2. The zero-order valence-electron chi connectivity index (χ0n) is 24.2. The molecular formula is C30H29ClFN7O5S. The molecule has 3 aliphatic rings. The second kappa shape index (κ2) is 12.9. The van der Waals surface area contributed by atoms with Crippen LogP contribution in [-0.4, -0.2) is 94.6 Å². The summed E-state index contributed by atoms with van der Waals surface area (Å²) in [6, 6.07) is 6.38. The average molecular weight is 654 g/mol. The fraction of sp³-hybridized carbons (Fsp3) is 0.333. The Morgan fingerprint density at radius 2 is 2.04 bits per heavy atom. The fourth-order valence-electron chi connectivity index (χ4n) is 5.77. The number of anilines is 1. The molecule has 12 nitrogen and oxygen atoms in total. The highest BCUT2D eigenvalue weighted by Gasteiger charge is 2.42. The van der Waals surface area contributed by atoms with Crippen LogP contribution in [0.3, 0.4) is 0 Å². The van der Waals surface area contributed by atoms with E-state index in [0.717, 1.165) is 5.56 Å². The number of fused-ring (bicyclic) bond motifs is 1. The number of pyridine rings is 1. The Labute approximate surface area is 266 Å². The number of benzene rings is 1. The second-order valence-corrected chi connectivity index (χ2v) is 12.1. The summed E-state index contributed by atoms with van der Waals surface area (Å²) in [7, 11) is 1.29. The molecule has 0 bridgehead atoms. The number of ether oxygens (including phenoxy) is 1. The minimum Gasteiger partial charge on any atom is -0.481 e. The highest BCUT2D eigenvalue weighted by molar-refractivity contribution is 7.11. The first-order chi connectivity index (χ1) is 21.7. The van der Waals surface area contributed by atoms with Crippen molar-refractivity contribution in [3.8, 4) is 0 Å². The number of carbonyl (C=O) groups is 3. The lowest BCUT2D eigenvalue weighted by Crippen LogP contribution is -2.53. The van der Waals surface area contributed by atoms with Gasteiger partial charge in [-0.3, -0.25) is 19.6 Å². The molecule has 1 aromatic carbocycles. The number of methoxy groups -OCH3 is 1. The number of hydrogen-bond acceptors (Lipinski definition) is 10. The Kier molecular flexibility index (Phi) is 8.79. The van der Waals surface area contributed by atoms with E-state index in [0.29, 0.717) is 67.1 Å². The Morgan fingerprint density at radius 1 is 1.20 bits per heavy atom. The number of nitrogens with zero attached hydrogens (tertiary/aromatic N) is 6. The van der Waals surface area contributed by atoms with Crippen LogP contribution in [0.15, 0.2) is 64.4 Å². The van der Waals surface area contributed by atoms with Gasteiger partial charge >= 0.3 is 18.0 Å². The second-order valence-electron chi connectivity index (χ2n) is 10.8. The van der Waals surface area contributed by atoms with Gasteiger partial charge in [-0.15, -0.1) is 11.3 Å². The molecule has 15 heteroatoms. The molecule has 2 fully saturated rings. The van der Waals surface area contributed by atoms with Crippen LogP contribution in [0.5, 0.6) is 0 Å². The molecule has 2 atom stereocenters. The number of aryl methyl sites for hydroxylation is 1. The number of amidine groups is 1. The topological polar surface area (TPSA) is 141 Å². The first-order valence-corrected chi connectivity index (χ1v) is 15.5. The normalized spacial score (nSPS) is 20.2. The van der Waals surface area contributed by atoms with Crippen molar-refractivity contribution < 1.29 is 28.6 Å². The smallest absolute Gasteiger partial charge is 0.338 e. The van der Waals surface area contributed by atoms with Gasteiger partial charge in [0, 0.05) is 66.7 Å². The molecule has 0 unspecified atom stereocenters. The molecule has 6 rings (SSSR count). The van der Waals surface area contributed by atoms with Crippen molar-refractivity contribution in [3.05, 3.63) is 86.4 Å². The number of piperazine rings is 1. The lowest BCUT2D eigenvalue weighted by atomic mass is 9.95. The number of hydrogen-bond donors (Lipinski definition) is 2. The van der Waals surface area contributed by atoms with Gasteiger partial charge in [-0.25, -0.2) is 23.9 Å². The Bertz CT molecular complexity index is 1680. The van der Waals surface area contributed by atoms with Gasteiger partial charge in [0.25, 0.3) is 0 Å². The highest BCUT2D eigenvalue weighted by Crippen LogP contribution is 2.37. The van der Waals surface area contributed by atoms with E-state index < -0.39 is 23.8 Å². The lowest BCUT2D eigenvalue weighted by molar-refractivity contribution is -0.137. The summed E-state index contributed by atoms with van der Waals surface area (Å²) in [5, 5.41) is 14.8. The van der Waals surface area contributed by atoms with E-state index in [4.69, 9.17) is 26.4 Å². The van der Waals surface area contributed by atoms with E-state index in [2.05, 4.69) is 20.2 Å². The summed E-state index contributed by atoms with van der Waals surface area (Å²) in [6.07, 6.45) is 3.63. The Hall–Kier alpha value is -4.40. The minimum atomic E-state index is -0.880. The van der Waals surface area contributed by atoms with Crippen molar-refractivity contribution >= 4 is 52.6 Å². The molecule has 2 amide bonds. The van der Waals surface area contributed by atoms with Crippen molar-refractivity contribution in [2.45, 2.75) is 24.9 Å². The summed E-state index contributed by atoms with van der Waals surface area (Å²) in [5.74, 6) is -1.02. The van der Waals surface area contributed by atoms with E-state index >= 15 is 0 Å². The number of rotatable bonds is 9. The molecule has 3 aromatic rings. The molecule has 0 radical (unpaired) electrons. The first-order valence-electron chi connectivity index (χ1n) is 14.2. The Balaban J connectivity index is 1.24. The third-order valence-corrected chi connectivity index (χ3v) is 9.06. The number of thiazole rings is 1. The molecule has 3 aliphatic heterocycles. The van der Waals surface area contributed by atoms with Gasteiger partial charge < -0.3 is 20.1 Å². The number of nitrogens with one attached hydrogen (secondary N) is 1. The van der Waals surface area contributed by atoms with Crippen LogP contribution < -0.4 is 10.2 Å². The maximum Gasteiger partial charge on any atom is 0.338 e. The SMILES string of the molecule is COC(=O)C1=C(CN2CCN3C(=O)N(c4ccc(CCC(=O)O)cn4)C[C@@H]3C2)NC(c2nccs2)=N[C@H]1c1ccc(F)cc1Cl. The molecule has 45 heavy (non-hydrogen) atoms. The van der Waals surface area contributed by atoms with E-state index in [9.17, 15) is 18.8 Å². The van der Waals surface area contributed by atoms with Crippen LogP contribution >= 0.6 is 22.9 Å². The van der Waals surface area contributed by atoms with E-state index in [-0.39, 0.29) is 29.1 Å². The maximum absolute atomic E-state index is 14.0. The summed E-state index contributed by atoms with van der Waals surface area (Å²) in [6.45, 7) is 2.29. The standard InChI is InChI=1S/C30H29ClFN7O5S/c1-44-29(42)25-22(35-27(28-33-8-11-45-28)36-26(25)20-5-4-18(32)12-21(20)31)16-37-9-10-38-19(14-37)15-39(30(38)43)23-6-2-17(13-34-23)3-7-24(40)41/h2,4-6,8,11-13,19,26H,3,7,9-10,14-16H2,1H3,(H,35,36)(H,40,41)/t19-,26-/m0/s1. The van der Waals surface area contributed by atoms with E-state index in [1.165, 1.54) is 36.6 Å². The van der Waals surface area contributed by atoms with Crippen LogP contribution in [-0.2, 0) is 20.7 Å². The van der Waals surface area contributed by atoms with Crippen molar-refractivity contribution in [3.63, 3.8) is 0 Å². The van der Waals surface area contributed by atoms with Crippen molar-refractivity contribution in [1.82, 2.24) is 25.1 Å². The van der Waals surface area contributed by atoms with Gasteiger partial charge in [0.15, 0.2) is 10.8 Å². The molecule has 0 aliphatic carbocycles. The zero-order valence-corrected chi connectivity index (χ0v) is 25.7. The minimum absolute atomic E-state index is 0.00716. The predicted octanol–water partition coefficient (Wildman–Crippen LogP) is 3.49. The predicted molar refractivity (Wildman–Crippen MR) is 165 cm³/mol. The van der Waals surface area contributed by atoms with Crippen LogP contribution in [0.25, 0.3) is 0 Å². The molecular weight excluding hydrogens is 625 g/mol. The number of aromatic nitrogens is 2. The van der Waals surface area contributed by atoms with Crippen LogP contribution in [0.1, 0.15) is 28.6 Å². The van der Waals surface area contributed by atoms with Crippen molar-refractivity contribution in [2.24, 2.45) is 4.99 Å². The van der Waals surface area contributed by atoms with Crippen LogP contribution in [0.4, 0.5) is 15.0 Å². The number of esters is 1. The molecule has 2 saturated heterocycles. The number of carboxylic acids is 1. The summed E-state index contributed by atoms with van der Waals surface area (Å²) >= 11 is 7.85. The molecule has 0 saturated carbocycles. The number of aliphatic imine (C=N–C) groups is 1. The third-order valence-electron chi connectivity index (χ3n) is 7.96. The Morgan fingerprint density at radius 3 is 2.73 bits per heavy atom. The molecule has 234 valence electrons. The summed E-state index contributed by atoms with van der Waals surface area (Å²) in [5.41, 5.74) is 2.05. The number of halogens is 2. The van der Waals surface area contributed by atoms with Crippen molar-refractivity contribution in [1.29, 1.82) is 0 Å². The quantitative estimate of drug-likeness (QED) is 0.332. The van der Waals surface area contributed by atoms with Gasteiger partial charge in [-0.1, -0.05) is 23.7 Å². The largest absolute Gasteiger partial charge is 0.481 e. The first kappa shape index (κ1) is 30.6. The van der Waals surface area contributed by atoms with Crippen molar-refractivity contribution in [2.75, 3.05) is 44.7 Å². The number of aliphatic carboxylic acids is 1. The summed E-state index contributed by atoms with van der Waals surface area (Å²) in [4.78, 5) is 56.7. The van der Waals surface area contributed by atoms with Gasteiger partial charge in [0.05, 0.1) is 25.3 Å². The van der Waals surface area contributed by atoms with Crippen LogP contribution in [0.2, 0.25) is 5.02 Å². The molecule has 2 aromatic heterocycles. The fourth-order valence-corrected chi connectivity index (χ4v) is 6.63. The van der Waals surface area contributed by atoms with Gasteiger partial charge in [0.2, 0.25) is 0 Å². The van der Waals surface area contributed by atoms with Gasteiger partial charge in [-0.2, -0.15) is 0 Å². The third kappa shape index (κ3) is 6.39. The highest BCUT2D eigenvalue weighted by atomic mass is 35.5. The molecule has 5 heterocycles. The lowest BCUT2D eigenvalue weighted by Gasteiger charge is -2.38. The average Bonchev–Trinajstić information content (AvgIpc) is 3.68. The number of carbonyl (C=O) groups excluding carboxylic acids is 2. The number of carboxylic acid groups (broad SMARTS) is 1. The van der Waals surface area contributed by atoms with E-state index in [1.807, 2.05) is 10.3 Å². The zero-order chi connectivity index (χ0) is 31.7. The summed E-state index contributed by atoms with van der Waals surface area (Å²) < 4.78 is 19.1. The molecule has 0 spiro atoms. The van der Waals surface area contributed by atoms with E-state index in [1.54, 1.807) is 29.4 Å². The molecule has 2 N–H and O–H groups in total. The van der Waals surface area contributed by atoms with Crippen LogP contribution in [0, 0.1) is 5.82 Å². The number of urea groups is 1. The maximum atomic E-state index is 14.0. The van der Waals surface area contributed by atoms with Gasteiger partial charge in [0.1, 0.15) is 17.7 Å².